The van der Waals surface area contributed by atoms with E-state index >= 15 is 0 Å². The summed E-state index contributed by atoms with van der Waals surface area (Å²) in [7, 11) is 1.57. The second-order valence-electron chi connectivity index (χ2n) is 6.21. The number of nitrogens with zero attached hydrogens (tertiary/aromatic N) is 3. The molecule has 2 heterocycles. The number of halogens is 1. The fourth-order valence-electron chi connectivity index (χ4n) is 3.00. The van der Waals surface area contributed by atoms with Gasteiger partial charge in [0.15, 0.2) is 0 Å². The Morgan fingerprint density at radius 2 is 2.25 bits per heavy atom. The van der Waals surface area contributed by atoms with Crippen LogP contribution >= 0.6 is 15.9 Å². The van der Waals surface area contributed by atoms with E-state index in [0.29, 0.717) is 12.3 Å². The molecule has 0 saturated heterocycles. The number of alkyl carbamates (subject to hydrolysis) is 1. The van der Waals surface area contributed by atoms with Gasteiger partial charge < -0.3 is 10.1 Å². The third kappa shape index (κ3) is 3.17. The number of amides is 1. The fourth-order valence-corrected chi connectivity index (χ4v) is 3.46. The maximum absolute atomic E-state index is 11.3. The van der Waals surface area contributed by atoms with Crippen LogP contribution in [0, 0.1) is 0 Å². The number of rotatable bonds is 3. The van der Waals surface area contributed by atoms with Crippen molar-refractivity contribution < 1.29 is 9.53 Å². The highest BCUT2D eigenvalue weighted by Crippen LogP contribution is 2.32. The number of imidazole rings is 1. The average molecular weight is 393 g/mol. The smallest absolute Gasteiger partial charge is 0.407 e. The molecule has 128 valence electrons. The van der Waals surface area contributed by atoms with E-state index in [1.807, 2.05) is 12.4 Å². The summed E-state index contributed by atoms with van der Waals surface area (Å²) in [6.45, 7) is 4.27. The normalized spacial score (nSPS) is 17.9. The van der Waals surface area contributed by atoms with Crippen LogP contribution < -0.4 is 5.32 Å². The van der Waals surface area contributed by atoms with Crippen LogP contribution in [0.4, 0.5) is 4.79 Å². The highest BCUT2D eigenvalue weighted by molar-refractivity contribution is 9.10. The number of ether oxygens (including phenoxy) is 1. The molecule has 6 nitrogen and oxygen atoms in total. The van der Waals surface area contributed by atoms with Crippen molar-refractivity contribution in [2.45, 2.75) is 45.1 Å². The standard InChI is InChI=1S/C17H21BrN4O2/c1-10(2)16-21-15(18)14-9-20-8-13(22(14)16)11-4-6-12(7-5-11)24-17(23)19-3/h4,8-10,12H,5-7H2,1-3H3,(H,19,23). The maximum atomic E-state index is 11.3. The molecule has 0 fully saturated rings. The number of hydrogen-bond donors (Lipinski definition) is 1. The van der Waals surface area contributed by atoms with Gasteiger partial charge in [0, 0.05) is 19.4 Å². The Kier molecular flexibility index (Phi) is 4.89. The first-order valence-corrected chi connectivity index (χ1v) is 8.90. The van der Waals surface area contributed by atoms with Crippen molar-refractivity contribution in [2.24, 2.45) is 0 Å². The maximum Gasteiger partial charge on any atom is 0.407 e. The van der Waals surface area contributed by atoms with Gasteiger partial charge in [-0.2, -0.15) is 0 Å². The predicted molar refractivity (Wildman–Crippen MR) is 95.9 cm³/mol. The van der Waals surface area contributed by atoms with Gasteiger partial charge in [0.25, 0.3) is 0 Å². The van der Waals surface area contributed by atoms with E-state index in [1.54, 1.807) is 7.05 Å². The Balaban J connectivity index is 1.94. The van der Waals surface area contributed by atoms with E-state index in [4.69, 9.17) is 4.74 Å². The minimum absolute atomic E-state index is 0.0695. The van der Waals surface area contributed by atoms with Crippen LogP contribution in [0.2, 0.25) is 0 Å². The average Bonchev–Trinajstić information content (AvgIpc) is 2.93. The van der Waals surface area contributed by atoms with Gasteiger partial charge in [-0.05, 0) is 34.3 Å². The zero-order valence-electron chi connectivity index (χ0n) is 14.0. The topological polar surface area (TPSA) is 68.5 Å². The Hall–Kier alpha value is -1.89. The van der Waals surface area contributed by atoms with Crippen molar-refractivity contribution >= 4 is 33.1 Å². The van der Waals surface area contributed by atoms with E-state index < -0.39 is 0 Å². The van der Waals surface area contributed by atoms with Crippen molar-refractivity contribution in [1.29, 1.82) is 0 Å². The molecular weight excluding hydrogens is 372 g/mol. The summed E-state index contributed by atoms with van der Waals surface area (Å²) in [6.07, 6.45) is 7.78. The Morgan fingerprint density at radius 3 is 2.88 bits per heavy atom. The molecule has 0 aliphatic heterocycles. The molecule has 7 heteroatoms. The lowest BCUT2D eigenvalue weighted by Crippen LogP contribution is -2.27. The zero-order valence-corrected chi connectivity index (χ0v) is 15.6. The molecule has 0 saturated carbocycles. The number of carbonyl (C=O) groups excluding carboxylic acids is 1. The van der Waals surface area contributed by atoms with Gasteiger partial charge in [0.2, 0.25) is 0 Å². The van der Waals surface area contributed by atoms with E-state index in [9.17, 15) is 4.79 Å². The summed E-state index contributed by atoms with van der Waals surface area (Å²) in [6, 6.07) is 0. The number of carbonyl (C=O) groups is 1. The molecule has 3 rings (SSSR count). The third-order valence-electron chi connectivity index (χ3n) is 4.21. The summed E-state index contributed by atoms with van der Waals surface area (Å²) in [5.74, 6) is 1.32. The SMILES string of the molecule is CNC(=O)OC1CC=C(c2cncc3c(Br)nc(C(C)C)n23)CC1. The lowest BCUT2D eigenvalue weighted by molar-refractivity contribution is 0.0948. The lowest BCUT2D eigenvalue weighted by Gasteiger charge is -2.23. The van der Waals surface area contributed by atoms with Crippen molar-refractivity contribution in [3.05, 3.63) is 34.6 Å². The van der Waals surface area contributed by atoms with Gasteiger partial charge in [-0.25, -0.2) is 9.78 Å². The summed E-state index contributed by atoms with van der Waals surface area (Å²) >= 11 is 3.53. The van der Waals surface area contributed by atoms with Gasteiger partial charge in [-0.3, -0.25) is 9.38 Å². The summed E-state index contributed by atoms with van der Waals surface area (Å²) in [5, 5.41) is 2.49. The van der Waals surface area contributed by atoms with Gasteiger partial charge in [0.1, 0.15) is 16.5 Å². The molecule has 0 radical (unpaired) electrons. The second kappa shape index (κ2) is 6.93. The first kappa shape index (κ1) is 17.0. The number of aromatic nitrogens is 3. The van der Waals surface area contributed by atoms with Crippen LogP contribution in [0.25, 0.3) is 11.1 Å². The van der Waals surface area contributed by atoms with E-state index in [-0.39, 0.29) is 12.2 Å². The number of allylic oxidation sites excluding steroid dienone is 1. The molecular formula is C17H21BrN4O2. The molecule has 1 aliphatic carbocycles. The van der Waals surface area contributed by atoms with Crippen molar-refractivity contribution in [1.82, 2.24) is 19.7 Å². The minimum atomic E-state index is -0.374. The summed E-state index contributed by atoms with van der Waals surface area (Å²) in [5.41, 5.74) is 3.25. The first-order chi connectivity index (χ1) is 11.5. The fraction of sp³-hybridized carbons (Fsp3) is 0.471. The quantitative estimate of drug-likeness (QED) is 0.859. The molecule has 0 aromatic carbocycles. The van der Waals surface area contributed by atoms with Crippen LogP contribution in [0.3, 0.4) is 0 Å². The zero-order chi connectivity index (χ0) is 17.3. The van der Waals surface area contributed by atoms with Crippen molar-refractivity contribution in [2.75, 3.05) is 7.05 Å². The Bertz CT molecular complexity index is 797. The molecule has 1 atom stereocenters. The molecule has 1 amide bonds. The number of nitrogens with one attached hydrogen (secondary N) is 1. The largest absolute Gasteiger partial charge is 0.446 e. The highest BCUT2D eigenvalue weighted by Gasteiger charge is 2.22. The predicted octanol–water partition coefficient (Wildman–Crippen LogP) is 3.91. The van der Waals surface area contributed by atoms with Crippen LogP contribution in [0.1, 0.15) is 50.5 Å². The molecule has 2 aromatic heterocycles. The summed E-state index contributed by atoms with van der Waals surface area (Å²) in [4.78, 5) is 20.4. The van der Waals surface area contributed by atoms with Gasteiger partial charge in [-0.15, -0.1) is 0 Å². The number of fused-ring (bicyclic) bond motifs is 1. The van der Waals surface area contributed by atoms with Gasteiger partial charge >= 0.3 is 6.09 Å². The van der Waals surface area contributed by atoms with Gasteiger partial charge in [-0.1, -0.05) is 19.9 Å². The van der Waals surface area contributed by atoms with Gasteiger partial charge in [0.05, 0.1) is 23.6 Å². The summed E-state index contributed by atoms with van der Waals surface area (Å²) < 4.78 is 8.33. The van der Waals surface area contributed by atoms with Crippen LogP contribution in [-0.4, -0.2) is 33.6 Å². The van der Waals surface area contributed by atoms with Crippen LogP contribution in [0.15, 0.2) is 23.1 Å². The molecule has 0 bridgehead atoms. The number of hydrogen-bond acceptors (Lipinski definition) is 4. The van der Waals surface area contributed by atoms with E-state index in [1.165, 1.54) is 5.57 Å². The van der Waals surface area contributed by atoms with Crippen LogP contribution in [-0.2, 0) is 4.74 Å². The Morgan fingerprint density at radius 1 is 1.46 bits per heavy atom. The molecule has 1 aliphatic rings. The minimum Gasteiger partial charge on any atom is -0.446 e. The highest BCUT2D eigenvalue weighted by atomic mass is 79.9. The second-order valence-corrected chi connectivity index (χ2v) is 6.96. The van der Waals surface area contributed by atoms with Crippen LogP contribution in [0.5, 0.6) is 0 Å². The molecule has 24 heavy (non-hydrogen) atoms. The Labute approximate surface area is 149 Å². The van der Waals surface area contributed by atoms with E-state index in [0.717, 1.165) is 34.5 Å². The monoisotopic (exact) mass is 392 g/mol. The molecule has 0 spiro atoms. The van der Waals surface area contributed by atoms with Crippen molar-refractivity contribution in [3.8, 4) is 0 Å². The third-order valence-corrected chi connectivity index (χ3v) is 4.80. The molecule has 2 aromatic rings. The van der Waals surface area contributed by atoms with Crippen molar-refractivity contribution in [3.63, 3.8) is 0 Å². The first-order valence-electron chi connectivity index (χ1n) is 8.11. The van der Waals surface area contributed by atoms with E-state index in [2.05, 4.69) is 55.5 Å². The molecule has 1 N–H and O–H groups in total. The molecule has 1 unspecified atom stereocenters. The lowest BCUT2D eigenvalue weighted by atomic mass is 9.95.